The van der Waals surface area contributed by atoms with E-state index in [0.717, 1.165) is 26.7 Å². The fourth-order valence-electron chi connectivity index (χ4n) is 2.20. The van der Waals surface area contributed by atoms with Crippen molar-refractivity contribution in [1.29, 1.82) is 0 Å². The summed E-state index contributed by atoms with van der Waals surface area (Å²) in [4.78, 5) is 20.4. The maximum absolute atomic E-state index is 11.7. The number of pyridine rings is 1. The number of aryl methyl sites for hydroxylation is 2. The number of nitrogens with zero attached hydrogens (tertiary/aromatic N) is 3. The van der Waals surface area contributed by atoms with Crippen molar-refractivity contribution in [3.8, 4) is 5.13 Å². The van der Waals surface area contributed by atoms with Crippen LogP contribution in [0.15, 0.2) is 24.4 Å². The predicted octanol–water partition coefficient (Wildman–Crippen LogP) is 3.28. The van der Waals surface area contributed by atoms with E-state index in [0.29, 0.717) is 12.3 Å². The van der Waals surface area contributed by atoms with Crippen molar-refractivity contribution in [2.24, 2.45) is 0 Å². The Bertz CT molecular complexity index is 800. The molecule has 0 saturated carbocycles. The van der Waals surface area contributed by atoms with Gasteiger partial charge < -0.3 is 4.74 Å². The summed E-state index contributed by atoms with van der Waals surface area (Å²) in [5.41, 5.74) is 3.37. The molecule has 0 unspecified atom stereocenters. The highest BCUT2D eigenvalue weighted by Gasteiger charge is 2.14. The summed E-state index contributed by atoms with van der Waals surface area (Å²) in [5.74, 6) is -0.400. The van der Waals surface area contributed by atoms with Gasteiger partial charge in [-0.1, -0.05) is 11.3 Å². The van der Waals surface area contributed by atoms with Gasteiger partial charge >= 0.3 is 5.97 Å². The number of carbonyl (C=O) groups excluding carboxylic acids is 1. The van der Waals surface area contributed by atoms with Crippen LogP contribution in [0.3, 0.4) is 0 Å². The second-order valence-electron chi connectivity index (χ2n) is 4.71. The topological polar surface area (TPSA) is 57.0 Å². The Balaban J connectivity index is 2.07. The molecule has 0 atom stereocenters. The molecule has 3 aromatic rings. The molecule has 0 aliphatic rings. The lowest BCUT2D eigenvalue weighted by atomic mass is 10.3. The Labute approximate surface area is 126 Å². The monoisotopic (exact) mass is 301 g/mol. The van der Waals surface area contributed by atoms with Gasteiger partial charge in [-0.3, -0.25) is 4.57 Å². The summed E-state index contributed by atoms with van der Waals surface area (Å²) in [6, 6.07) is 5.86. The number of hydrogen-bond acceptors (Lipinski definition) is 5. The Morgan fingerprint density at radius 2 is 2.05 bits per heavy atom. The van der Waals surface area contributed by atoms with E-state index in [2.05, 4.69) is 26.7 Å². The van der Waals surface area contributed by atoms with Crippen LogP contribution in [-0.4, -0.2) is 27.1 Å². The number of aromatic nitrogens is 3. The van der Waals surface area contributed by atoms with E-state index in [1.807, 2.05) is 13.8 Å². The minimum Gasteiger partial charge on any atom is -0.461 e. The van der Waals surface area contributed by atoms with Gasteiger partial charge in [-0.25, -0.2) is 14.8 Å². The smallest absolute Gasteiger partial charge is 0.356 e. The van der Waals surface area contributed by atoms with Crippen molar-refractivity contribution in [1.82, 2.24) is 14.5 Å². The highest BCUT2D eigenvalue weighted by atomic mass is 32.1. The maximum atomic E-state index is 11.7. The van der Waals surface area contributed by atoms with E-state index in [1.54, 1.807) is 19.2 Å². The van der Waals surface area contributed by atoms with Gasteiger partial charge in [-0.15, -0.1) is 0 Å². The van der Waals surface area contributed by atoms with Crippen LogP contribution in [0, 0.1) is 13.8 Å². The van der Waals surface area contributed by atoms with E-state index in [1.165, 1.54) is 11.3 Å². The van der Waals surface area contributed by atoms with Crippen LogP contribution in [-0.2, 0) is 4.74 Å². The average molecular weight is 301 g/mol. The molecule has 0 aromatic carbocycles. The van der Waals surface area contributed by atoms with Crippen LogP contribution in [0.25, 0.3) is 15.3 Å². The molecule has 0 radical (unpaired) electrons. The third-order valence-corrected chi connectivity index (χ3v) is 4.21. The summed E-state index contributed by atoms with van der Waals surface area (Å²) >= 11 is 1.54. The summed E-state index contributed by atoms with van der Waals surface area (Å²) in [6.45, 7) is 6.20. The van der Waals surface area contributed by atoms with Crippen molar-refractivity contribution < 1.29 is 9.53 Å². The average Bonchev–Trinajstić information content (AvgIpc) is 3.01. The zero-order valence-corrected chi connectivity index (χ0v) is 12.9. The fourth-order valence-corrected chi connectivity index (χ4v) is 3.30. The molecule has 3 aromatic heterocycles. The van der Waals surface area contributed by atoms with Gasteiger partial charge in [0.2, 0.25) is 0 Å². The van der Waals surface area contributed by atoms with Gasteiger partial charge in [-0.2, -0.15) is 0 Å². The quantitative estimate of drug-likeness (QED) is 0.697. The van der Waals surface area contributed by atoms with E-state index >= 15 is 0 Å². The molecule has 0 saturated heterocycles. The van der Waals surface area contributed by atoms with E-state index < -0.39 is 5.97 Å². The molecule has 21 heavy (non-hydrogen) atoms. The van der Waals surface area contributed by atoms with E-state index in [-0.39, 0.29) is 0 Å². The second kappa shape index (κ2) is 5.29. The largest absolute Gasteiger partial charge is 0.461 e. The number of carbonyl (C=O) groups is 1. The fraction of sp³-hybridized carbons (Fsp3) is 0.267. The SMILES string of the molecule is CCOC(=O)c1cc2sc(-n3c(C)ccc3C)nc2cn1. The molecule has 0 N–H and O–H groups in total. The van der Waals surface area contributed by atoms with Gasteiger partial charge in [0.1, 0.15) is 11.2 Å². The van der Waals surface area contributed by atoms with Crippen LogP contribution in [0.1, 0.15) is 28.8 Å². The summed E-state index contributed by atoms with van der Waals surface area (Å²) in [7, 11) is 0. The molecule has 0 fully saturated rings. The molecule has 3 rings (SSSR count). The first-order valence-electron chi connectivity index (χ1n) is 6.69. The minimum absolute atomic E-state index is 0.320. The second-order valence-corrected chi connectivity index (χ2v) is 5.71. The summed E-state index contributed by atoms with van der Waals surface area (Å²) in [5, 5.41) is 0.882. The minimum atomic E-state index is -0.400. The van der Waals surface area contributed by atoms with Gasteiger partial charge in [0, 0.05) is 11.4 Å². The maximum Gasteiger partial charge on any atom is 0.356 e. The highest BCUT2D eigenvalue weighted by molar-refractivity contribution is 7.20. The Morgan fingerprint density at radius 3 is 2.71 bits per heavy atom. The molecule has 0 aliphatic carbocycles. The summed E-state index contributed by atoms with van der Waals surface area (Å²) in [6.07, 6.45) is 1.62. The standard InChI is InChI=1S/C15H15N3O2S/c1-4-20-14(19)11-7-13-12(8-16-11)17-15(21-13)18-9(2)5-6-10(18)3/h5-8H,4H2,1-3H3. The Hall–Kier alpha value is -2.21. The van der Waals surface area contributed by atoms with Crippen LogP contribution in [0.2, 0.25) is 0 Å². The Morgan fingerprint density at radius 1 is 1.33 bits per heavy atom. The number of hydrogen-bond donors (Lipinski definition) is 0. The van der Waals surface area contributed by atoms with Gasteiger partial charge in [-0.05, 0) is 39.0 Å². The molecule has 0 amide bonds. The van der Waals surface area contributed by atoms with Crippen LogP contribution in [0.4, 0.5) is 0 Å². The first-order chi connectivity index (χ1) is 10.1. The van der Waals surface area contributed by atoms with Crippen LogP contribution in [0.5, 0.6) is 0 Å². The number of fused-ring (bicyclic) bond motifs is 1. The molecule has 0 aliphatic heterocycles. The lowest BCUT2D eigenvalue weighted by molar-refractivity contribution is 0.0520. The predicted molar refractivity (Wildman–Crippen MR) is 82.2 cm³/mol. The lowest BCUT2D eigenvalue weighted by Gasteiger charge is -2.03. The van der Waals surface area contributed by atoms with Crippen molar-refractivity contribution in [3.63, 3.8) is 0 Å². The number of ether oxygens (including phenoxy) is 1. The number of esters is 1. The zero-order chi connectivity index (χ0) is 15.0. The number of thiazole rings is 1. The van der Waals surface area contributed by atoms with Crippen molar-refractivity contribution >= 4 is 27.5 Å². The van der Waals surface area contributed by atoms with Crippen molar-refractivity contribution in [2.45, 2.75) is 20.8 Å². The molecular weight excluding hydrogens is 286 g/mol. The van der Waals surface area contributed by atoms with Gasteiger partial charge in [0.15, 0.2) is 5.13 Å². The molecule has 0 bridgehead atoms. The highest BCUT2D eigenvalue weighted by Crippen LogP contribution is 2.27. The summed E-state index contributed by atoms with van der Waals surface area (Å²) < 4.78 is 7.99. The molecule has 108 valence electrons. The lowest BCUT2D eigenvalue weighted by Crippen LogP contribution is -2.06. The number of rotatable bonds is 3. The van der Waals surface area contributed by atoms with Crippen molar-refractivity contribution in [2.75, 3.05) is 6.61 Å². The molecule has 6 heteroatoms. The van der Waals surface area contributed by atoms with E-state index in [4.69, 9.17) is 4.74 Å². The molecular formula is C15H15N3O2S. The molecule has 5 nitrogen and oxygen atoms in total. The van der Waals surface area contributed by atoms with Crippen LogP contribution >= 0.6 is 11.3 Å². The zero-order valence-electron chi connectivity index (χ0n) is 12.1. The third kappa shape index (κ3) is 2.42. The van der Waals surface area contributed by atoms with Gasteiger partial charge in [0.05, 0.1) is 17.5 Å². The first kappa shape index (κ1) is 13.8. The third-order valence-electron chi connectivity index (χ3n) is 3.21. The first-order valence-corrected chi connectivity index (χ1v) is 7.51. The molecule has 0 spiro atoms. The molecule has 3 heterocycles. The normalized spacial score (nSPS) is 11.0. The van der Waals surface area contributed by atoms with Gasteiger partial charge in [0.25, 0.3) is 0 Å². The van der Waals surface area contributed by atoms with E-state index in [9.17, 15) is 4.79 Å². The van der Waals surface area contributed by atoms with Crippen molar-refractivity contribution in [3.05, 3.63) is 41.5 Å². The Kier molecular flexibility index (Phi) is 3.47. The van der Waals surface area contributed by atoms with Crippen LogP contribution < -0.4 is 0 Å².